The van der Waals surface area contributed by atoms with Crippen molar-refractivity contribution in [3.63, 3.8) is 0 Å². The maximum atomic E-state index is 4.68. The molecule has 0 spiro atoms. The van der Waals surface area contributed by atoms with Crippen LogP contribution in [0.2, 0.25) is 0 Å². The average Bonchev–Trinajstić information content (AvgIpc) is 3.65. The van der Waals surface area contributed by atoms with Gasteiger partial charge in [0.1, 0.15) is 0 Å². The average molecular weight is 695 g/mol. The normalized spacial score (nSPS) is 12.9. The summed E-state index contributed by atoms with van der Waals surface area (Å²) in [6.07, 6.45) is 3.70. The van der Waals surface area contributed by atoms with Gasteiger partial charge in [0.2, 0.25) is 0 Å². The van der Waals surface area contributed by atoms with E-state index < -0.39 is 0 Å². The summed E-state index contributed by atoms with van der Waals surface area (Å²) in [7, 11) is 0. The van der Waals surface area contributed by atoms with E-state index in [9.17, 15) is 0 Å². The van der Waals surface area contributed by atoms with E-state index in [4.69, 9.17) is 0 Å². The van der Waals surface area contributed by atoms with Crippen LogP contribution in [0.15, 0.2) is 176 Å². The van der Waals surface area contributed by atoms with E-state index in [1.165, 1.54) is 49.6 Å². The minimum atomic E-state index is -0.107. The molecule has 0 saturated carbocycles. The smallest absolute Gasteiger partial charge is 0.0702 e. The molecule has 1 aliphatic carbocycles. The number of aromatic nitrogens is 3. The van der Waals surface area contributed by atoms with Crippen molar-refractivity contribution in [1.82, 2.24) is 14.5 Å². The Morgan fingerprint density at radius 2 is 1.09 bits per heavy atom. The van der Waals surface area contributed by atoms with E-state index in [-0.39, 0.29) is 5.41 Å². The fraction of sp³-hybridized carbons (Fsp3) is 0.0800. The lowest BCUT2D eigenvalue weighted by molar-refractivity contribution is 0.661. The maximum absolute atomic E-state index is 4.68. The Morgan fingerprint density at radius 3 is 1.76 bits per heavy atom. The third-order valence-corrected chi connectivity index (χ3v) is 11.1. The molecular weight excluding hydrogens is 657 g/mol. The van der Waals surface area contributed by atoms with Crippen molar-refractivity contribution < 1.29 is 0 Å². The molecule has 3 aromatic heterocycles. The highest BCUT2D eigenvalue weighted by atomic mass is 15.1. The highest BCUT2D eigenvalue weighted by molar-refractivity contribution is 6.11. The minimum absolute atomic E-state index is 0.107. The van der Waals surface area contributed by atoms with Gasteiger partial charge in [0.15, 0.2) is 0 Å². The predicted octanol–water partition coefficient (Wildman–Crippen LogP) is 13.0. The van der Waals surface area contributed by atoms with Crippen LogP contribution in [0, 0.1) is 6.92 Å². The first-order chi connectivity index (χ1) is 26.4. The number of rotatable bonds is 6. The monoisotopic (exact) mass is 694 g/mol. The van der Waals surface area contributed by atoms with E-state index in [2.05, 4.69) is 180 Å². The summed E-state index contributed by atoms with van der Waals surface area (Å²) in [5.41, 5.74) is 17.3. The summed E-state index contributed by atoms with van der Waals surface area (Å²) in [6, 6.07) is 59.0. The van der Waals surface area contributed by atoms with Gasteiger partial charge >= 0.3 is 0 Å². The van der Waals surface area contributed by atoms with Crippen molar-refractivity contribution in [3.05, 3.63) is 193 Å². The van der Waals surface area contributed by atoms with Crippen molar-refractivity contribution in [2.45, 2.75) is 26.2 Å². The summed E-state index contributed by atoms with van der Waals surface area (Å²) in [5, 5.41) is 2.52. The summed E-state index contributed by atoms with van der Waals surface area (Å²) in [6.45, 7) is 6.92. The zero-order chi connectivity index (χ0) is 36.4. The standard InChI is InChI=1S/C50H38N4/c1-33-23-24-44-41(27-33)42-31-43-40-19-4-5-22-48(40)54(49(43)32-45(42)50(44,2)3)39-18-12-17-38(30-39)53(36-15-10-13-34(28-36)46-20-6-8-25-51-46)37-16-11-14-35(29-37)47-21-7-9-26-52-47/h4-32H,1-3H3. The Balaban J connectivity index is 1.18. The molecule has 0 amide bonds. The Labute approximate surface area is 315 Å². The van der Waals surface area contributed by atoms with Gasteiger partial charge in [0.05, 0.1) is 22.4 Å². The van der Waals surface area contributed by atoms with Gasteiger partial charge in [-0.25, -0.2) is 0 Å². The molecule has 0 saturated heterocycles. The summed E-state index contributed by atoms with van der Waals surface area (Å²) < 4.78 is 2.45. The van der Waals surface area contributed by atoms with Gasteiger partial charge in [-0.05, 0) is 114 Å². The molecule has 4 nitrogen and oxygen atoms in total. The Bertz CT molecular complexity index is 2790. The zero-order valence-electron chi connectivity index (χ0n) is 30.5. The van der Waals surface area contributed by atoms with E-state index in [1.807, 2.05) is 36.7 Å². The number of anilines is 3. The van der Waals surface area contributed by atoms with E-state index in [0.717, 1.165) is 45.3 Å². The van der Waals surface area contributed by atoms with Gasteiger partial charge in [-0.1, -0.05) is 98.3 Å². The van der Waals surface area contributed by atoms with Crippen molar-refractivity contribution >= 4 is 38.9 Å². The number of aryl methyl sites for hydroxylation is 1. The van der Waals surface area contributed by atoms with Gasteiger partial charge in [-0.3, -0.25) is 9.97 Å². The number of hydrogen-bond donors (Lipinski definition) is 0. The van der Waals surface area contributed by atoms with Gasteiger partial charge in [-0.15, -0.1) is 0 Å². The van der Waals surface area contributed by atoms with Crippen LogP contribution in [0.25, 0.3) is 61.1 Å². The fourth-order valence-corrected chi connectivity index (χ4v) is 8.50. The van der Waals surface area contributed by atoms with Gasteiger partial charge in [-0.2, -0.15) is 0 Å². The molecule has 0 bridgehead atoms. The molecule has 4 heteroatoms. The summed E-state index contributed by atoms with van der Waals surface area (Å²) in [4.78, 5) is 11.7. The van der Waals surface area contributed by atoms with E-state index in [1.54, 1.807) is 0 Å². The van der Waals surface area contributed by atoms with Gasteiger partial charge < -0.3 is 9.47 Å². The SMILES string of the molecule is Cc1ccc2c(c1)-c1cc3c4ccccc4n(-c4cccc(N(c5cccc(-c6ccccn6)c5)c5cccc(-c6ccccn6)c5)c4)c3cc1C2(C)C. The number of benzene rings is 6. The molecule has 10 rings (SSSR count). The highest BCUT2D eigenvalue weighted by Gasteiger charge is 2.36. The quantitative estimate of drug-likeness (QED) is 0.174. The largest absolute Gasteiger partial charge is 0.310 e. The molecule has 258 valence electrons. The van der Waals surface area contributed by atoms with Crippen LogP contribution in [0.4, 0.5) is 17.1 Å². The molecule has 54 heavy (non-hydrogen) atoms. The first-order valence-corrected chi connectivity index (χ1v) is 18.6. The topological polar surface area (TPSA) is 34.0 Å². The van der Waals surface area contributed by atoms with E-state index in [0.29, 0.717) is 0 Å². The number of pyridine rings is 2. The molecule has 0 atom stereocenters. The lowest BCUT2D eigenvalue weighted by Gasteiger charge is -2.27. The molecule has 0 aliphatic heterocycles. The molecule has 0 radical (unpaired) electrons. The molecule has 9 aromatic rings. The van der Waals surface area contributed by atoms with Gasteiger partial charge in [0.25, 0.3) is 0 Å². The Morgan fingerprint density at radius 1 is 0.481 bits per heavy atom. The molecule has 0 fully saturated rings. The predicted molar refractivity (Wildman–Crippen MR) is 224 cm³/mol. The highest BCUT2D eigenvalue weighted by Crippen LogP contribution is 2.51. The van der Waals surface area contributed by atoms with E-state index >= 15 is 0 Å². The van der Waals surface area contributed by atoms with Crippen molar-refractivity contribution in [3.8, 4) is 39.3 Å². The second-order valence-corrected chi connectivity index (χ2v) is 14.8. The van der Waals surface area contributed by atoms with Crippen LogP contribution in [-0.2, 0) is 5.41 Å². The second-order valence-electron chi connectivity index (χ2n) is 14.8. The summed E-state index contributed by atoms with van der Waals surface area (Å²) >= 11 is 0. The number of para-hydroxylation sites is 1. The van der Waals surface area contributed by atoms with Crippen LogP contribution in [0.5, 0.6) is 0 Å². The minimum Gasteiger partial charge on any atom is -0.310 e. The first-order valence-electron chi connectivity index (χ1n) is 18.6. The van der Waals surface area contributed by atoms with Gasteiger partial charge in [0, 0.05) is 62.5 Å². The first kappa shape index (κ1) is 31.9. The molecule has 6 aromatic carbocycles. The fourth-order valence-electron chi connectivity index (χ4n) is 8.50. The van der Waals surface area contributed by atoms with Crippen LogP contribution >= 0.6 is 0 Å². The third kappa shape index (κ3) is 5.14. The molecule has 3 heterocycles. The molecule has 1 aliphatic rings. The summed E-state index contributed by atoms with van der Waals surface area (Å²) in [5.74, 6) is 0. The van der Waals surface area contributed by atoms with Crippen molar-refractivity contribution in [1.29, 1.82) is 0 Å². The van der Waals surface area contributed by atoms with Crippen LogP contribution in [0.3, 0.4) is 0 Å². The number of nitrogens with zero attached hydrogens (tertiary/aromatic N) is 4. The maximum Gasteiger partial charge on any atom is 0.0702 e. The van der Waals surface area contributed by atoms with Crippen molar-refractivity contribution in [2.75, 3.05) is 4.90 Å². The third-order valence-electron chi connectivity index (χ3n) is 11.1. The van der Waals surface area contributed by atoms with Crippen LogP contribution in [0.1, 0.15) is 30.5 Å². The Hall–Kier alpha value is -6.78. The molecular formula is C50H38N4. The molecule has 0 N–H and O–H groups in total. The lowest BCUT2D eigenvalue weighted by atomic mass is 9.82. The lowest BCUT2D eigenvalue weighted by Crippen LogP contribution is -2.15. The van der Waals surface area contributed by atoms with Crippen LogP contribution < -0.4 is 4.90 Å². The molecule has 0 unspecified atom stereocenters. The number of fused-ring (bicyclic) bond motifs is 6. The van der Waals surface area contributed by atoms with Crippen LogP contribution in [-0.4, -0.2) is 14.5 Å². The van der Waals surface area contributed by atoms with Crippen molar-refractivity contribution in [2.24, 2.45) is 0 Å². The second kappa shape index (κ2) is 12.4. The zero-order valence-corrected chi connectivity index (χ0v) is 30.5. The number of hydrogen-bond acceptors (Lipinski definition) is 3. The Kier molecular flexibility index (Phi) is 7.34.